The molecule has 0 spiro atoms. The highest BCUT2D eigenvalue weighted by atomic mass is 13.9. The third-order valence-electron chi connectivity index (χ3n) is 2.59. The van der Waals surface area contributed by atoms with Gasteiger partial charge in [0.15, 0.2) is 0 Å². The summed E-state index contributed by atoms with van der Waals surface area (Å²) < 4.78 is 0. The lowest BCUT2D eigenvalue weighted by Gasteiger charge is -1.96. The number of rotatable bonds is 0. The highest BCUT2D eigenvalue weighted by Gasteiger charge is 1.87. The zero-order valence-corrected chi connectivity index (χ0v) is 9.17. The van der Waals surface area contributed by atoms with Crippen molar-refractivity contribution in [1.29, 1.82) is 0 Å². The van der Waals surface area contributed by atoms with Crippen molar-refractivity contribution in [3.63, 3.8) is 0 Å². The van der Waals surface area contributed by atoms with Crippen LogP contribution in [0.5, 0.6) is 0 Å². The second kappa shape index (κ2) is 8.84. The summed E-state index contributed by atoms with van der Waals surface area (Å²) in [5.74, 6) is 0. The molecule has 0 N–H and O–H groups in total. The highest BCUT2D eigenvalue weighted by Crippen LogP contribution is 2.07. The quantitative estimate of drug-likeness (QED) is 0.381. The first-order valence-electron chi connectivity index (χ1n) is 6.04. The van der Waals surface area contributed by atoms with Crippen LogP contribution in [0.3, 0.4) is 0 Å². The van der Waals surface area contributed by atoms with Gasteiger partial charge in [0.2, 0.25) is 0 Å². The van der Waals surface area contributed by atoms with Gasteiger partial charge in [0, 0.05) is 0 Å². The minimum Gasteiger partial charge on any atom is -0.130 e. The van der Waals surface area contributed by atoms with Gasteiger partial charge in [-0.05, 0) is 63.5 Å². The topological polar surface area (TPSA) is 0 Å². The molecular formula is C14H22. The summed E-state index contributed by atoms with van der Waals surface area (Å²) in [6, 6.07) is 0. The molecule has 0 aromatic heterocycles. The van der Waals surface area contributed by atoms with E-state index in [9.17, 15) is 0 Å². The van der Waals surface area contributed by atoms with Gasteiger partial charge in [-0.25, -0.2) is 0 Å². The molecule has 0 aromatic rings. The SMILES string of the molecule is C1=CCCCC/C=C\CCCCCC=1. The van der Waals surface area contributed by atoms with Gasteiger partial charge >= 0.3 is 0 Å². The van der Waals surface area contributed by atoms with Gasteiger partial charge in [0.05, 0.1) is 0 Å². The van der Waals surface area contributed by atoms with Crippen molar-refractivity contribution in [2.75, 3.05) is 0 Å². The summed E-state index contributed by atoms with van der Waals surface area (Å²) in [4.78, 5) is 0. The maximum atomic E-state index is 3.27. The largest absolute Gasteiger partial charge is 0.130 e. The fourth-order valence-electron chi connectivity index (χ4n) is 1.68. The molecule has 1 rings (SSSR count). The Morgan fingerprint density at radius 3 is 1.79 bits per heavy atom. The standard InChI is InChI=1S/C14H22/c1-2-4-6-8-10-12-14-13-11-9-7-5-3-1/h1-2,11,14H,3-10,12H2/b2-1-. The van der Waals surface area contributed by atoms with E-state index in [1.54, 1.807) is 0 Å². The predicted molar refractivity (Wildman–Crippen MR) is 63.3 cm³/mol. The second-order valence-corrected chi connectivity index (χ2v) is 3.97. The normalized spacial score (nSPS) is 22.9. The van der Waals surface area contributed by atoms with Crippen molar-refractivity contribution >= 4 is 0 Å². The van der Waals surface area contributed by atoms with E-state index in [4.69, 9.17) is 0 Å². The van der Waals surface area contributed by atoms with Gasteiger partial charge in [0.1, 0.15) is 0 Å². The predicted octanol–water partition coefficient (Wildman–Crippen LogP) is 4.78. The molecule has 0 bridgehead atoms. The first-order valence-corrected chi connectivity index (χ1v) is 6.04. The Morgan fingerprint density at radius 2 is 1.07 bits per heavy atom. The number of allylic oxidation sites excluding steroid dienone is 3. The van der Waals surface area contributed by atoms with E-state index >= 15 is 0 Å². The minimum absolute atomic E-state index is 1.20. The molecule has 0 amide bonds. The fraction of sp³-hybridized carbons (Fsp3) is 0.643. The molecule has 1 aliphatic carbocycles. The molecule has 0 aromatic carbocycles. The van der Waals surface area contributed by atoms with Crippen LogP contribution in [0.2, 0.25) is 0 Å². The third-order valence-corrected chi connectivity index (χ3v) is 2.59. The van der Waals surface area contributed by atoms with E-state index in [2.05, 4.69) is 30.0 Å². The summed E-state index contributed by atoms with van der Waals surface area (Å²) in [5.41, 5.74) is 3.27. The van der Waals surface area contributed by atoms with Crippen LogP contribution in [-0.4, -0.2) is 0 Å². The Hall–Kier alpha value is -0.740. The van der Waals surface area contributed by atoms with E-state index in [1.807, 2.05) is 0 Å². The zero-order valence-electron chi connectivity index (χ0n) is 9.17. The Labute approximate surface area is 88.4 Å². The van der Waals surface area contributed by atoms with Crippen LogP contribution in [0, 0.1) is 0 Å². The van der Waals surface area contributed by atoms with E-state index in [1.165, 1.54) is 57.8 Å². The monoisotopic (exact) mass is 190 g/mol. The lowest BCUT2D eigenvalue weighted by atomic mass is 10.1. The first kappa shape index (κ1) is 11.3. The zero-order chi connectivity index (χ0) is 9.90. The van der Waals surface area contributed by atoms with E-state index in [0.717, 1.165) is 0 Å². The van der Waals surface area contributed by atoms with E-state index < -0.39 is 0 Å². The van der Waals surface area contributed by atoms with Crippen molar-refractivity contribution in [3.8, 4) is 0 Å². The van der Waals surface area contributed by atoms with Crippen molar-refractivity contribution in [2.45, 2.75) is 57.8 Å². The molecule has 0 aliphatic heterocycles. The van der Waals surface area contributed by atoms with E-state index in [-0.39, 0.29) is 0 Å². The smallest absolute Gasteiger partial charge is 0.0274 e. The molecule has 14 heavy (non-hydrogen) atoms. The Bertz CT molecular complexity index is 204. The molecule has 0 heteroatoms. The molecule has 0 saturated heterocycles. The summed E-state index contributed by atoms with van der Waals surface area (Å²) in [7, 11) is 0. The van der Waals surface area contributed by atoms with Gasteiger partial charge in [0.25, 0.3) is 0 Å². The molecular weight excluding hydrogens is 168 g/mol. The van der Waals surface area contributed by atoms with E-state index in [0.29, 0.717) is 0 Å². The van der Waals surface area contributed by atoms with Crippen LogP contribution < -0.4 is 0 Å². The van der Waals surface area contributed by atoms with Crippen LogP contribution in [0.25, 0.3) is 0 Å². The summed E-state index contributed by atoms with van der Waals surface area (Å²) in [6.07, 6.45) is 20.7. The fourth-order valence-corrected chi connectivity index (χ4v) is 1.68. The molecule has 0 radical (unpaired) electrons. The van der Waals surface area contributed by atoms with Crippen molar-refractivity contribution < 1.29 is 0 Å². The summed E-state index contributed by atoms with van der Waals surface area (Å²) in [5, 5.41) is 0. The first-order chi connectivity index (χ1) is 7.00. The van der Waals surface area contributed by atoms with Crippen LogP contribution >= 0.6 is 0 Å². The van der Waals surface area contributed by atoms with Gasteiger partial charge in [-0.3, -0.25) is 0 Å². The molecule has 0 atom stereocenters. The maximum absolute atomic E-state index is 3.27. The molecule has 0 fully saturated rings. The van der Waals surface area contributed by atoms with Crippen molar-refractivity contribution in [2.24, 2.45) is 0 Å². The lowest BCUT2D eigenvalue weighted by molar-refractivity contribution is 0.692. The number of hydrogen-bond donors (Lipinski definition) is 0. The third kappa shape index (κ3) is 6.74. The number of hydrogen-bond acceptors (Lipinski definition) is 0. The lowest BCUT2D eigenvalue weighted by Crippen LogP contribution is -1.76. The van der Waals surface area contributed by atoms with Gasteiger partial charge < -0.3 is 0 Å². The van der Waals surface area contributed by atoms with Crippen molar-refractivity contribution in [3.05, 3.63) is 30.0 Å². The second-order valence-electron chi connectivity index (χ2n) is 3.97. The Morgan fingerprint density at radius 1 is 0.571 bits per heavy atom. The van der Waals surface area contributed by atoms with Crippen LogP contribution in [0.15, 0.2) is 30.0 Å². The Kier molecular flexibility index (Phi) is 7.16. The summed E-state index contributed by atoms with van der Waals surface area (Å²) in [6.45, 7) is 0. The van der Waals surface area contributed by atoms with Crippen LogP contribution in [0.4, 0.5) is 0 Å². The molecule has 78 valence electrons. The van der Waals surface area contributed by atoms with Gasteiger partial charge in [-0.15, -0.1) is 5.73 Å². The molecule has 0 unspecified atom stereocenters. The summed E-state index contributed by atoms with van der Waals surface area (Å²) >= 11 is 0. The molecule has 0 nitrogen and oxygen atoms in total. The van der Waals surface area contributed by atoms with Crippen LogP contribution in [-0.2, 0) is 0 Å². The minimum atomic E-state index is 1.20. The van der Waals surface area contributed by atoms with Gasteiger partial charge in [-0.1, -0.05) is 18.6 Å². The maximum Gasteiger partial charge on any atom is -0.0274 e. The Balaban J connectivity index is 2.25. The molecule has 1 aliphatic rings. The molecule has 0 saturated carbocycles. The highest BCUT2D eigenvalue weighted by molar-refractivity contribution is 4.86. The average molecular weight is 190 g/mol. The molecule has 0 heterocycles. The van der Waals surface area contributed by atoms with Crippen molar-refractivity contribution in [1.82, 2.24) is 0 Å². The van der Waals surface area contributed by atoms with Crippen LogP contribution in [0.1, 0.15) is 57.8 Å². The average Bonchev–Trinajstić information content (AvgIpc) is 2.22. The van der Waals surface area contributed by atoms with Gasteiger partial charge in [-0.2, -0.15) is 0 Å².